The lowest BCUT2D eigenvalue weighted by molar-refractivity contribution is -0.139. The van der Waals surface area contributed by atoms with Gasteiger partial charge in [-0.2, -0.15) is 18.3 Å². The molecule has 0 amide bonds. The summed E-state index contributed by atoms with van der Waals surface area (Å²) in [5, 5.41) is 6.55. The lowest BCUT2D eigenvalue weighted by Crippen LogP contribution is -2.31. The van der Waals surface area contributed by atoms with Crippen LogP contribution in [-0.2, 0) is 13.6 Å². The van der Waals surface area contributed by atoms with Gasteiger partial charge in [0.2, 0.25) is 0 Å². The molecule has 0 radical (unpaired) electrons. The first-order valence-corrected chi connectivity index (χ1v) is 4.51. The SMILES string of the molecule is CC(CC(F)(F)F)NCc1ncnn1C. The number of hydrogen-bond acceptors (Lipinski definition) is 3. The normalized spacial score (nSPS) is 14.2. The number of hydrogen-bond donors (Lipinski definition) is 1. The van der Waals surface area contributed by atoms with Gasteiger partial charge in [0.1, 0.15) is 12.2 Å². The predicted octanol–water partition coefficient (Wildman–Crippen LogP) is 1.25. The van der Waals surface area contributed by atoms with Crippen molar-refractivity contribution in [1.29, 1.82) is 0 Å². The van der Waals surface area contributed by atoms with Crippen LogP contribution < -0.4 is 5.32 Å². The zero-order valence-corrected chi connectivity index (χ0v) is 8.54. The van der Waals surface area contributed by atoms with Crippen LogP contribution in [0.3, 0.4) is 0 Å². The van der Waals surface area contributed by atoms with Gasteiger partial charge in [-0.3, -0.25) is 4.68 Å². The Bertz CT molecular complexity index is 307. The van der Waals surface area contributed by atoms with E-state index in [1.165, 1.54) is 17.9 Å². The van der Waals surface area contributed by atoms with Gasteiger partial charge >= 0.3 is 6.18 Å². The largest absolute Gasteiger partial charge is 0.390 e. The standard InChI is InChI=1S/C8H13F3N4/c1-6(3-8(9,10)11)12-4-7-13-5-14-15(7)2/h5-6,12H,3-4H2,1-2H3. The van der Waals surface area contributed by atoms with Gasteiger partial charge in [-0.05, 0) is 6.92 Å². The van der Waals surface area contributed by atoms with Crippen LogP contribution in [-0.4, -0.2) is 27.0 Å². The van der Waals surface area contributed by atoms with Crippen molar-refractivity contribution in [1.82, 2.24) is 20.1 Å². The molecule has 0 bridgehead atoms. The maximum atomic E-state index is 12.0. The molecule has 0 aliphatic rings. The summed E-state index contributed by atoms with van der Waals surface area (Å²) < 4.78 is 37.5. The first kappa shape index (κ1) is 12.0. The summed E-state index contributed by atoms with van der Waals surface area (Å²) in [6.45, 7) is 1.78. The number of nitrogens with one attached hydrogen (secondary N) is 1. The minimum Gasteiger partial charge on any atom is -0.307 e. The third kappa shape index (κ3) is 4.28. The Labute approximate surface area is 85.5 Å². The molecule has 0 aliphatic heterocycles. The van der Waals surface area contributed by atoms with Crippen LogP contribution in [0.5, 0.6) is 0 Å². The average molecular weight is 222 g/mol. The molecule has 0 saturated carbocycles. The number of alkyl halides is 3. The van der Waals surface area contributed by atoms with Crippen LogP contribution in [0.15, 0.2) is 6.33 Å². The second-order valence-electron chi connectivity index (χ2n) is 3.40. The molecule has 7 heteroatoms. The molecule has 1 rings (SSSR count). The van der Waals surface area contributed by atoms with E-state index in [1.807, 2.05) is 0 Å². The van der Waals surface area contributed by atoms with Crippen LogP contribution >= 0.6 is 0 Å². The molecule has 0 aliphatic carbocycles. The molecular formula is C8H13F3N4. The fourth-order valence-electron chi connectivity index (χ4n) is 1.17. The molecule has 1 unspecified atom stereocenters. The van der Waals surface area contributed by atoms with Crippen molar-refractivity contribution in [3.8, 4) is 0 Å². The van der Waals surface area contributed by atoms with E-state index in [-0.39, 0.29) is 6.54 Å². The minimum absolute atomic E-state index is 0.285. The summed E-state index contributed by atoms with van der Waals surface area (Å²) >= 11 is 0. The molecule has 0 fully saturated rings. The zero-order chi connectivity index (χ0) is 11.5. The smallest absolute Gasteiger partial charge is 0.307 e. The molecule has 4 nitrogen and oxygen atoms in total. The Morgan fingerprint density at radius 3 is 2.67 bits per heavy atom. The molecule has 0 saturated heterocycles. The second kappa shape index (κ2) is 4.61. The molecule has 0 spiro atoms. The van der Waals surface area contributed by atoms with E-state index < -0.39 is 18.6 Å². The Balaban J connectivity index is 2.35. The van der Waals surface area contributed by atoms with Crippen LogP contribution in [0, 0.1) is 0 Å². The molecule has 1 aromatic rings. The van der Waals surface area contributed by atoms with Gasteiger partial charge in [-0.25, -0.2) is 4.98 Å². The first-order valence-electron chi connectivity index (χ1n) is 4.51. The Hall–Kier alpha value is -1.11. The van der Waals surface area contributed by atoms with E-state index in [1.54, 1.807) is 7.05 Å². The Morgan fingerprint density at radius 1 is 1.53 bits per heavy atom. The third-order valence-corrected chi connectivity index (χ3v) is 1.95. The second-order valence-corrected chi connectivity index (χ2v) is 3.40. The first-order chi connectivity index (χ1) is 6.88. The highest BCUT2D eigenvalue weighted by Crippen LogP contribution is 2.21. The summed E-state index contributed by atoms with van der Waals surface area (Å²) in [4.78, 5) is 3.89. The number of rotatable bonds is 4. The molecule has 1 heterocycles. The highest BCUT2D eigenvalue weighted by atomic mass is 19.4. The summed E-state index contributed by atoms with van der Waals surface area (Å²) in [6.07, 6.45) is -3.61. The van der Waals surface area contributed by atoms with E-state index in [9.17, 15) is 13.2 Å². The van der Waals surface area contributed by atoms with Crippen molar-refractivity contribution in [2.24, 2.45) is 7.05 Å². The van der Waals surface area contributed by atoms with Crippen LogP contribution in [0.2, 0.25) is 0 Å². The van der Waals surface area contributed by atoms with Crippen molar-refractivity contribution in [2.75, 3.05) is 0 Å². The third-order valence-electron chi connectivity index (χ3n) is 1.95. The molecule has 15 heavy (non-hydrogen) atoms. The lowest BCUT2D eigenvalue weighted by Gasteiger charge is -2.15. The average Bonchev–Trinajstić information content (AvgIpc) is 2.44. The van der Waals surface area contributed by atoms with Gasteiger partial charge in [-0.15, -0.1) is 0 Å². The number of nitrogens with zero attached hydrogens (tertiary/aromatic N) is 3. The highest BCUT2D eigenvalue weighted by molar-refractivity contribution is 4.83. The minimum atomic E-state index is -4.13. The van der Waals surface area contributed by atoms with E-state index in [2.05, 4.69) is 15.4 Å². The maximum absolute atomic E-state index is 12.0. The lowest BCUT2D eigenvalue weighted by atomic mass is 10.2. The number of halogens is 3. The summed E-state index contributed by atoms with van der Waals surface area (Å²) in [6, 6.07) is -0.623. The fourth-order valence-corrected chi connectivity index (χ4v) is 1.17. The summed E-state index contributed by atoms with van der Waals surface area (Å²) in [5.41, 5.74) is 0. The summed E-state index contributed by atoms with van der Waals surface area (Å²) in [5.74, 6) is 0.615. The molecule has 1 atom stereocenters. The van der Waals surface area contributed by atoms with E-state index in [0.29, 0.717) is 5.82 Å². The zero-order valence-electron chi connectivity index (χ0n) is 8.54. The predicted molar refractivity (Wildman–Crippen MR) is 48.0 cm³/mol. The van der Waals surface area contributed by atoms with Gasteiger partial charge < -0.3 is 5.32 Å². The molecule has 0 aromatic carbocycles. The van der Waals surface area contributed by atoms with Gasteiger partial charge in [-0.1, -0.05) is 0 Å². The van der Waals surface area contributed by atoms with Gasteiger partial charge in [0.25, 0.3) is 0 Å². The van der Waals surface area contributed by atoms with Crippen molar-refractivity contribution >= 4 is 0 Å². The fraction of sp³-hybridized carbons (Fsp3) is 0.750. The molecule has 1 N–H and O–H groups in total. The van der Waals surface area contributed by atoms with Crippen molar-refractivity contribution in [2.45, 2.75) is 32.1 Å². The monoisotopic (exact) mass is 222 g/mol. The van der Waals surface area contributed by atoms with Gasteiger partial charge in [0.05, 0.1) is 13.0 Å². The van der Waals surface area contributed by atoms with E-state index in [0.717, 1.165) is 0 Å². The molecule has 86 valence electrons. The molecular weight excluding hydrogens is 209 g/mol. The Kier molecular flexibility index (Phi) is 3.67. The summed E-state index contributed by atoms with van der Waals surface area (Å²) in [7, 11) is 1.69. The van der Waals surface area contributed by atoms with Gasteiger partial charge in [0.15, 0.2) is 0 Å². The Morgan fingerprint density at radius 2 is 2.20 bits per heavy atom. The quantitative estimate of drug-likeness (QED) is 0.833. The highest BCUT2D eigenvalue weighted by Gasteiger charge is 2.29. The van der Waals surface area contributed by atoms with Crippen molar-refractivity contribution in [3.63, 3.8) is 0 Å². The van der Waals surface area contributed by atoms with E-state index >= 15 is 0 Å². The van der Waals surface area contributed by atoms with Gasteiger partial charge in [0, 0.05) is 13.1 Å². The van der Waals surface area contributed by atoms with Crippen LogP contribution in [0.4, 0.5) is 13.2 Å². The topological polar surface area (TPSA) is 42.7 Å². The van der Waals surface area contributed by atoms with Crippen LogP contribution in [0.1, 0.15) is 19.2 Å². The number of aromatic nitrogens is 3. The van der Waals surface area contributed by atoms with Crippen LogP contribution in [0.25, 0.3) is 0 Å². The number of aryl methyl sites for hydroxylation is 1. The van der Waals surface area contributed by atoms with E-state index in [4.69, 9.17) is 0 Å². The molecule has 1 aromatic heterocycles. The maximum Gasteiger partial charge on any atom is 0.390 e. The van der Waals surface area contributed by atoms with Crippen molar-refractivity contribution < 1.29 is 13.2 Å². The van der Waals surface area contributed by atoms with Crippen molar-refractivity contribution in [3.05, 3.63) is 12.2 Å².